The fraction of sp³-hybridized carbons (Fsp3) is 0.368. The van der Waals surface area contributed by atoms with Crippen LogP contribution < -0.4 is 15.1 Å². The monoisotopic (exact) mass is 439 g/mol. The van der Waals surface area contributed by atoms with Crippen molar-refractivity contribution in [3.05, 3.63) is 45.4 Å². The number of carbonyl (C=O) groups excluding carboxylic acids is 2. The van der Waals surface area contributed by atoms with E-state index >= 15 is 0 Å². The van der Waals surface area contributed by atoms with Crippen LogP contribution in [0.2, 0.25) is 4.34 Å². The molecule has 2 amide bonds. The average molecular weight is 440 g/mol. The van der Waals surface area contributed by atoms with Crippen molar-refractivity contribution in [3.8, 4) is 0 Å². The van der Waals surface area contributed by atoms with Crippen LogP contribution in [-0.2, 0) is 9.47 Å². The van der Waals surface area contributed by atoms with Gasteiger partial charge in [0, 0.05) is 13.1 Å². The largest absolute Gasteiger partial charge is 0.442 e. The van der Waals surface area contributed by atoms with Crippen LogP contribution in [0.4, 0.5) is 20.6 Å². The summed E-state index contributed by atoms with van der Waals surface area (Å²) in [5, 5.41) is 2.73. The lowest BCUT2D eigenvalue weighted by Gasteiger charge is -2.29. The van der Waals surface area contributed by atoms with E-state index in [0.717, 1.165) is 0 Å². The minimum absolute atomic E-state index is 0.158. The van der Waals surface area contributed by atoms with Crippen LogP contribution in [-0.4, -0.2) is 57.5 Å². The van der Waals surface area contributed by atoms with Crippen molar-refractivity contribution in [1.82, 2.24) is 5.32 Å². The van der Waals surface area contributed by atoms with E-state index in [0.29, 0.717) is 46.9 Å². The molecular weight excluding hydrogens is 421 g/mol. The van der Waals surface area contributed by atoms with Crippen molar-refractivity contribution >= 4 is 46.3 Å². The number of carbonyl (C=O) groups is 2. The Bertz CT molecular complexity index is 919. The number of nitrogens with one attached hydrogen (secondary N) is 1. The maximum absolute atomic E-state index is 14.6. The van der Waals surface area contributed by atoms with Crippen LogP contribution >= 0.6 is 22.9 Å². The topological polar surface area (TPSA) is 71.1 Å². The van der Waals surface area contributed by atoms with Gasteiger partial charge in [0.1, 0.15) is 11.9 Å². The molecule has 2 aliphatic rings. The van der Waals surface area contributed by atoms with Gasteiger partial charge in [0.2, 0.25) is 0 Å². The van der Waals surface area contributed by atoms with Crippen LogP contribution in [0.15, 0.2) is 30.3 Å². The lowest BCUT2D eigenvalue weighted by atomic mass is 10.2. The van der Waals surface area contributed by atoms with Crippen LogP contribution in [0.3, 0.4) is 0 Å². The van der Waals surface area contributed by atoms with E-state index in [-0.39, 0.29) is 19.0 Å². The summed E-state index contributed by atoms with van der Waals surface area (Å²) in [6.07, 6.45) is -1.09. The number of halogens is 2. The Balaban J connectivity index is 1.37. The lowest BCUT2D eigenvalue weighted by molar-refractivity contribution is 0.0920. The number of nitrogens with zero attached hydrogens (tertiary/aromatic N) is 2. The summed E-state index contributed by atoms with van der Waals surface area (Å²) < 4.78 is 25.8. The zero-order chi connectivity index (χ0) is 20.4. The zero-order valence-corrected chi connectivity index (χ0v) is 17.0. The number of rotatable bonds is 5. The Morgan fingerprint density at radius 1 is 1.28 bits per heavy atom. The highest BCUT2D eigenvalue weighted by Gasteiger charge is 2.33. The number of amides is 2. The molecule has 29 heavy (non-hydrogen) atoms. The molecular formula is C19H19ClFN3O4S. The van der Waals surface area contributed by atoms with Crippen LogP contribution in [0.1, 0.15) is 9.67 Å². The summed E-state index contributed by atoms with van der Waals surface area (Å²) in [5.74, 6) is -0.680. The maximum atomic E-state index is 14.6. The molecule has 0 unspecified atom stereocenters. The molecule has 10 heteroatoms. The normalized spacial score (nSPS) is 19.4. The molecule has 154 valence electrons. The molecule has 0 radical (unpaired) electrons. The highest BCUT2D eigenvalue weighted by Crippen LogP contribution is 2.28. The molecule has 1 aromatic carbocycles. The van der Waals surface area contributed by atoms with Crippen LogP contribution in [0.25, 0.3) is 0 Å². The highest BCUT2D eigenvalue weighted by atomic mass is 35.5. The number of benzene rings is 1. The quantitative estimate of drug-likeness (QED) is 0.775. The van der Waals surface area contributed by atoms with Gasteiger partial charge >= 0.3 is 6.09 Å². The minimum atomic E-state index is -0.568. The van der Waals surface area contributed by atoms with Gasteiger partial charge in [0.25, 0.3) is 5.91 Å². The zero-order valence-electron chi connectivity index (χ0n) is 15.4. The molecule has 1 N–H and O–H groups in total. The van der Waals surface area contributed by atoms with Gasteiger partial charge < -0.3 is 19.7 Å². The Morgan fingerprint density at radius 3 is 2.76 bits per heavy atom. The first-order valence-corrected chi connectivity index (χ1v) is 10.3. The van der Waals surface area contributed by atoms with Gasteiger partial charge in [-0.05, 0) is 30.3 Å². The molecule has 2 aromatic rings. The molecule has 4 rings (SSSR count). The average Bonchev–Trinajstić information content (AvgIpc) is 3.32. The molecule has 2 fully saturated rings. The highest BCUT2D eigenvalue weighted by molar-refractivity contribution is 7.17. The Kier molecular flexibility index (Phi) is 5.89. The molecule has 1 aromatic heterocycles. The van der Waals surface area contributed by atoms with Crippen molar-refractivity contribution in [1.29, 1.82) is 0 Å². The second-order valence-electron chi connectivity index (χ2n) is 6.67. The van der Waals surface area contributed by atoms with Gasteiger partial charge in [-0.3, -0.25) is 9.69 Å². The lowest BCUT2D eigenvalue weighted by Crippen LogP contribution is -2.37. The molecule has 0 aliphatic carbocycles. The molecule has 0 saturated carbocycles. The molecule has 1 atom stereocenters. The van der Waals surface area contributed by atoms with E-state index in [1.54, 1.807) is 24.3 Å². The van der Waals surface area contributed by atoms with Crippen LogP contribution in [0, 0.1) is 5.82 Å². The second kappa shape index (κ2) is 8.56. The number of cyclic esters (lactones) is 1. The molecule has 0 spiro atoms. The second-order valence-corrected chi connectivity index (χ2v) is 8.38. The Hall–Kier alpha value is -2.36. The van der Waals surface area contributed by atoms with Crippen molar-refractivity contribution in [2.75, 3.05) is 49.2 Å². The van der Waals surface area contributed by atoms with Gasteiger partial charge in [-0.1, -0.05) is 11.6 Å². The predicted octanol–water partition coefficient (Wildman–Crippen LogP) is 3.13. The fourth-order valence-corrected chi connectivity index (χ4v) is 4.25. The van der Waals surface area contributed by atoms with Gasteiger partial charge in [-0.25, -0.2) is 9.18 Å². The smallest absolute Gasteiger partial charge is 0.414 e. The number of ether oxygens (including phenoxy) is 2. The number of thiophene rings is 1. The summed E-state index contributed by atoms with van der Waals surface area (Å²) in [7, 11) is 0. The number of hydrogen-bond donors (Lipinski definition) is 1. The van der Waals surface area contributed by atoms with Crippen molar-refractivity contribution in [2.45, 2.75) is 6.10 Å². The van der Waals surface area contributed by atoms with Crippen molar-refractivity contribution < 1.29 is 23.5 Å². The van der Waals surface area contributed by atoms with Gasteiger partial charge in [-0.15, -0.1) is 11.3 Å². The molecule has 2 aliphatic heterocycles. The number of anilines is 2. The van der Waals surface area contributed by atoms with Crippen LogP contribution in [0.5, 0.6) is 0 Å². The first-order chi connectivity index (χ1) is 14.0. The van der Waals surface area contributed by atoms with Crippen molar-refractivity contribution in [2.24, 2.45) is 0 Å². The fourth-order valence-electron chi connectivity index (χ4n) is 3.29. The SMILES string of the molecule is O=C(NC[C@H]1CN(c2ccc(N3CCOCC3)c(F)c2)C(=O)O1)c1ccc(Cl)s1. The summed E-state index contributed by atoms with van der Waals surface area (Å²) >= 11 is 7.01. The summed E-state index contributed by atoms with van der Waals surface area (Å²) in [6.45, 7) is 2.75. The van der Waals surface area contributed by atoms with E-state index in [2.05, 4.69) is 5.32 Å². The molecule has 0 bridgehead atoms. The Morgan fingerprint density at radius 2 is 2.07 bits per heavy atom. The third kappa shape index (κ3) is 4.47. The molecule has 2 saturated heterocycles. The summed E-state index contributed by atoms with van der Waals surface area (Å²) in [5.41, 5.74) is 0.909. The summed E-state index contributed by atoms with van der Waals surface area (Å²) in [6, 6.07) is 7.98. The standard InChI is InChI=1S/C19H19ClFN3O4S/c20-17-4-3-16(29-17)18(25)22-10-13-11-24(19(26)28-13)12-1-2-15(14(21)9-12)23-5-7-27-8-6-23/h1-4,9,13H,5-8,10-11H2,(H,22,25)/t13-/m0/s1. The third-order valence-corrected chi connectivity index (χ3v) is 5.99. The number of hydrogen-bond acceptors (Lipinski definition) is 6. The first-order valence-electron chi connectivity index (χ1n) is 9.15. The predicted molar refractivity (Wildman–Crippen MR) is 109 cm³/mol. The maximum Gasteiger partial charge on any atom is 0.414 e. The Labute approximate surface area is 175 Å². The van der Waals surface area contributed by atoms with E-state index in [1.807, 2.05) is 4.90 Å². The van der Waals surface area contributed by atoms with E-state index < -0.39 is 18.0 Å². The minimum Gasteiger partial charge on any atom is -0.442 e. The first kappa shape index (κ1) is 19.9. The molecule has 7 nitrogen and oxygen atoms in total. The van der Waals surface area contributed by atoms with Gasteiger partial charge in [0.15, 0.2) is 0 Å². The van der Waals surface area contributed by atoms with E-state index in [4.69, 9.17) is 21.1 Å². The van der Waals surface area contributed by atoms with Crippen molar-refractivity contribution in [3.63, 3.8) is 0 Å². The molecule has 3 heterocycles. The summed E-state index contributed by atoms with van der Waals surface area (Å²) in [4.78, 5) is 28.1. The third-order valence-electron chi connectivity index (χ3n) is 4.76. The van der Waals surface area contributed by atoms with E-state index in [1.165, 1.54) is 22.3 Å². The van der Waals surface area contributed by atoms with Gasteiger partial charge in [-0.2, -0.15) is 0 Å². The van der Waals surface area contributed by atoms with E-state index in [9.17, 15) is 14.0 Å². The number of morpholine rings is 1. The van der Waals surface area contributed by atoms with Gasteiger partial charge in [0.05, 0.1) is 46.9 Å².